The fraction of sp³-hybridized carbons (Fsp3) is 0.444. The van der Waals surface area contributed by atoms with Gasteiger partial charge < -0.3 is 14.5 Å². The van der Waals surface area contributed by atoms with E-state index in [1.165, 1.54) is 18.2 Å². The zero-order valence-corrected chi connectivity index (χ0v) is 15.4. The van der Waals surface area contributed by atoms with E-state index in [4.69, 9.17) is 4.74 Å². The Morgan fingerprint density at radius 1 is 1.20 bits per heavy atom. The number of carbonyl (C=O) groups is 2. The predicted molar refractivity (Wildman–Crippen MR) is 95.3 cm³/mol. The van der Waals surface area contributed by atoms with Crippen LogP contribution in [0.15, 0.2) is 28.7 Å². The molecule has 2 fully saturated rings. The molecule has 2 amide bonds. The minimum atomic E-state index is -0.376. The minimum absolute atomic E-state index is 0.0244. The molecule has 25 heavy (non-hydrogen) atoms. The van der Waals surface area contributed by atoms with Gasteiger partial charge in [-0.2, -0.15) is 0 Å². The second kappa shape index (κ2) is 8.10. The average Bonchev–Trinajstić information content (AvgIpc) is 3.16. The van der Waals surface area contributed by atoms with Gasteiger partial charge >= 0.3 is 0 Å². The van der Waals surface area contributed by atoms with E-state index in [1.807, 2.05) is 0 Å². The van der Waals surface area contributed by atoms with Crippen molar-refractivity contribution in [3.63, 3.8) is 0 Å². The third-order valence-corrected chi connectivity index (χ3v) is 4.96. The average molecular weight is 411 g/mol. The molecule has 5 nitrogen and oxygen atoms in total. The van der Waals surface area contributed by atoms with Gasteiger partial charge in [0.25, 0.3) is 5.91 Å². The SMILES string of the molecule is O=C(/C=C/c1cc(Br)ccc1F)N1CCN(C(=O)C2CCCO2)CC1. The highest BCUT2D eigenvalue weighted by molar-refractivity contribution is 9.10. The molecule has 1 atom stereocenters. The van der Waals surface area contributed by atoms with Gasteiger partial charge in [0.1, 0.15) is 11.9 Å². The molecule has 134 valence electrons. The van der Waals surface area contributed by atoms with Crippen molar-refractivity contribution in [3.8, 4) is 0 Å². The minimum Gasteiger partial charge on any atom is -0.368 e. The van der Waals surface area contributed by atoms with Crippen LogP contribution in [0.5, 0.6) is 0 Å². The number of halogens is 2. The summed E-state index contributed by atoms with van der Waals surface area (Å²) in [6.07, 6.45) is 4.24. The number of amides is 2. The van der Waals surface area contributed by atoms with Gasteiger partial charge in [0.05, 0.1) is 0 Å². The Bertz CT molecular complexity index is 681. The molecule has 2 aliphatic heterocycles. The summed E-state index contributed by atoms with van der Waals surface area (Å²) in [5.74, 6) is -0.529. The van der Waals surface area contributed by atoms with E-state index in [0.29, 0.717) is 38.3 Å². The zero-order valence-electron chi connectivity index (χ0n) is 13.8. The first kappa shape index (κ1) is 18.1. The standard InChI is InChI=1S/C18H20BrFN2O3/c19-14-4-5-15(20)13(12-14)3-6-17(23)21-7-9-22(10-8-21)18(24)16-2-1-11-25-16/h3-6,12,16H,1-2,7-11H2/b6-3+. The lowest BCUT2D eigenvalue weighted by Gasteiger charge is -2.35. The van der Waals surface area contributed by atoms with Crippen LogP contribution in [0.1, 0.15) is 18.4 Å². The molecular weight excluding hydrogens is 391 g/mol. The van der Waals surface area contributed by atoms with Gasteiger partial charge in [0, 0.05) is 48.9 Å². The molecule has 0 aliphatic carbocycles. The molecular formula is C18H20BrFN2O3. The van der Waals surface area contributed by atoms with Gasteiger partial charge in [-0.05, 0) is 37.1 Å². The second-order valence-corrected chi connectivity index (χ2v) is 7.07. The van der Waals surface area contributed by atoms with Crippen molar-refractivity contribution in [1.29, 1.82) is 0 Å². The fourth-order valence-corrected chi connectivity index (χ4v) is 3.41. The molecule has 1 unspecified atom stereocenters. The predicted octanol–water partition coefficient (Wildman–Crippen LogP) is 2.45. The Kier molecular flexibility index (Phi) is 5.86. The van der Waals surface area contributed by atoms with Crippen molar-refractivity contribution in [2.45, 2.75) is 18.9 Å². The number of carbonyl (C=O) groups excluding carboxylic acids is 2. The third kappa shape index (κ3) is 4.46. The first-order chi connectivity index (χ1) is 12.0. The first-order valence-electron chi connectivity index (χ1n) is 8.37. The molecule has 2 saturated heterocycles. The summed E-state index contributed by atoms with van der Waals surface area (Å²) in [5.41, 5.74) is 0.356. The summed E-state index contributed by atoms with van der Waals surface area (Å²) in [6.45, 7) is 2.60. The van der Waals surface area contributed by atoms with E-state index in [1.54, 1.807) is 21.9 Å². The van der Waals surface area contributed by atoms with Crippen LogP contribution in [0.3, 0.4) is 0 Å². The topological polar surface area (TPSA) is 49.9 Å². The van der Waals surface area contributed by atoms with Crippen molar-refractivity contribution in [1.82, 2.24) is 9.80 Å². The molecule has 2 aliphatic rings. The third-order valence-electron chi connectivity index (χ3n) is 4.47. The number of hydrogen-bond donors (Lipinski definition) is 0. The highest BCUT2D eigenvalue weighted by Crippen LogP contribution is 2.18. The number of nitrogens with zero attached hydrogens (tertiary/aromatic N) is 2. The summed E-state index contributed by atoms with van der Waals surface area (Å²) < 4.78 is 19.9. The molecule has 3 rings (SSSR count). The molecule has 0 radical (unpaired) electrons. The Morgan fingerprint density at radius 3 is 2.60 bits per heavy atom. The van der Waals surface area contributed by atoms with E-state index in [9.17, 15) is 14.0 Å². The summed E-state index contributed by atoms with van der Waals surface area (Å²) in [6, 6.07) is 4.58. The van der Waals surface area contributed by atoms with Crippen LogP contribution in [0.2, 0.25) is 0 Å². The zero-order chi connectivity index (χ0) is 17.8. The summed E-state index contributed by atoms with van der Waals surface area (Å²) >= 11 is 3.28. The molecule has 0 bridgehead atoms. The maximum Gasteiger partial charge on any atom is 0.251 e. The molecule has 2 heterocycles. The molecule has 0 aromatic heterocycles. The highest BCUT2D eigenvalue weighted by atomic mass is 79.9. The van der Waals surface area contributed by atoms with Crippen LogP contribution in [0.4, 0.5) is 4.39 Å². The van der Waals surface area contributed by atoms with Crippen molar-refractivity contribution >= 4 is 33.8 Å². The Morgan fingerprint density at radius 2 is 1.92 bits per heavy atom. The molecule has 0 saturated carbocycles. The quantitative estimate of drug-likeness (QED) is 0.719. The molecule has 7 heteroatoms. The van der Waals surface area contributed by atoms with E-state index >= 15 is 0 Å². The summed E-state index contributed by atoms with van der Waals surface area (Å²) in [5, 5.41) is 0. The number of benzene rings is 1. The van der Waals surface area contributed by atoms with Crippen LogP contribution in [-0.2, 0) is 14.3 Å². The van der Waals surface area contributed by atoms with Crippen LogP contribution < -0.4 is 0 Å². The van der Waals surface area contributed by atoms with Gasteiger partial charge in [-0.15, -0.1) is 0 Å². The monoisotopic (exact) mass is 410 g/mol. The highest BCUT2D eigenvalue weighted by Gasteiger charge is 2.30. The van der Waals surface area contributed by atoms with Crippen molar-refractivity contribution in [2.24, 2.45) is 0 Å². The summed E-state index contributed by atoms with van der Waals surface area (Å²) in [4.78, 5) is 28.0. The van der Waals surface area contributed by atoms with Crippen molar-refractivity contribution in [3.05, 3.63) is 40.1 Å². The Labute approximate surface area is 154 Å². The second-order valence-electron chi connectivity index (χ2n) is 6.15. The maximum absolute atomic E-state index is 13.7. The first-order valence-corrected chi connectivity index (χ1v) is 9.16. The van der Waals surface area contributed by atoms with E-state index < -0.39 is 0 Å². The lowest BCUT2D eigenvalue weighted by atomic mass is 10.2. The molecule has 1 aromatic rings. The lowest BCUT2D eigenvalue weighted by molar-refractivity contribution is -0.144. The van der Waals surface area contributed by atoms with Crippen LogP contribution in [0, 0.1) is 5.82 Å². The van der Waals surface area contributed by atoms with Crippen LogP contribution in [-0.4, -0.2) is 60.5 Å². The largest absolute Gasteiger partial charge is 0.368 e. The van der Waals surface area contributed by atoms with Crippen LogP contribution >= 0.6 is 15.9 Å². The smallest absolute Gasteiger partial charge is 0.251 e. The van der Waals surface area contributed by atoms with E-state index in [0.717, 1.165) is 17.3 Å². The van der Waals surface area contributed by atoms with Crippen LogP contribution in [0.25, 0.3) is 6.08 Å². The number of rotatable bonds is 3. The van der Waals surface area contributed by atoms with E-state index in [2.05, 4.69) is 15.9 Å². The Balaban J connectivity index is 1.53. The Hall–Kier alpha value is -1.73. The fourth-order valence-electron chi connectivity index (χ4n) is 3.03. The van der Waals surface area contributed by atoms with Gasteiger partial charge in [-0.3, -0.25) is 9.59 Å². The number of hydrogen-bond acceptors (Lipinski definition) is 3. The molecule has 0 spiro atoms. The van der Waals surface area contributed by atoms with E-state index in [-0.39, 0.29) is 23.7 Å². The lowest BCUT2D eigenvalue weighted by Crippen LogP contribution is -2.52. The van der Waals surface area contributed by atoms with Gasteiger partial charge in [-0.1, -0.05) is 15.9 Å². The normalized spacial score (nSPS) is 21.1. The molecule has 0 N–H and O–H groups in total. The van der Waals surface area contributed by atoms with Gasteiger partial charge in [-0.25, -0.2) is 4.39 Å². The van der Waals surface area contributed by atoms with Gasteiger partial charge in [0.2, 0.25) is 5.91 Å². The maximum atomic E-state index is 13.7. The van der Waals surface area contributed by atoms with Gasteiger partial charge in [0.15, 0.2) is 0 Å². The summed E-state index contributed by atoms with van der Waals surface area (Å²) in [7, 11) is 0. The number of piperazine rings is 1. The van der Waals surface area contributed by atoms with Crippen molar-refractivity contribution < 1.29 is 18.7 Å². The molecule has 1 aromatic carbocycles. The van der Waals surface area contributed by atoms with Crippen molar-refractivity contribution in [2.75, 3.05) is 32.8 Å². The number of ether oxygens (including phenoxy) is 1.